The molecule has 1 aromatic carbocycles. The number of hydrogen-bond acceptors (Lipinski definition) is 2. The monoisotopic (exact) mass is 309 g/mol. The van der Waals surface area contributed by atoms with Gasteiger partial charge in [-0.1, -0.05) is 28.1 Å². The van der Waals surface area contributed by atoms with E-state index in [9.17, 15) is 4.79 Å². The van der Waals surface area contributed by atoms with E-state index < -0.39 is 11.7 Å². The number of ether oxygens (including phenoxy) is 1. The lowest BCUT2D eigenvalue weighted by Gasteiger charge is -2.17. The van der Waals surface area contributed by atoms with Crippen LogP contribution in [-0.4, -0.2) is 17.4 Å². The zero-order valence-corrected chi connectivity index (χ0v) is 12.4. The molecular formula is C14H16BrNO2. The van der Waals surface area contributed by atoms with E-state index in [4.69, 9.17) is 4.74 Å². The molecule has 18 heavy (non-hydrogen) atoms. The van der Waals surface area contributed by atoms with Crippen molar-refractivity contribution in [3.05, 3.63) is 33.8 Å². The number of benzene rings is 1. The molecule has 3 nitrogen and oxygen atoms in total. The number of hydrogen-bond donors (Lipinski definition) is 0. The maximum absolute atomic E-state index is 11.7. The summed E-state index contributed by atoms with van der Waals surface area (Å²) in [6, 6.07) is 5.96. The minimum absolute atomic E-state index is 0.500. The number of carbonyl (C=O) groups excluding carboxylic acids is 1. The summed E-state index contributed by atoms with van der Waals surface area (Å²) in [6.45, 7) is 5.51. The Labute approximate surface area is 115 Å². The van der Waals surface area contributed by atoms with Gasteiger partial charge in [-0.05, 0) is 45.2 Å². The van der Waals surface area contributed by atoms with Crippen LogP contribution in [-0.2, 0) is 11.2 Å². The number of carbonyl (C=O) groups is 1. The van der Waals surface area contributed by atoms with Gasteiger partial charge in [0.2, 0.25) is 0 Å². The Morgan fingerprint density at radius 3 is 2.72 bits per heavy atom. The van der Waals surface area contributed by atoms with Crippen molar-refractivity contribution in [2.24, 2.45) is 4.99 Å². The Bertz CT molecular complexity index is 515. The number of fused-ring (bicyclic) bond motifs is 1. The van der Waals surface area contributed by atoms with E-state index in [1.807, 2.05) is 39.0 Å². The predicted octanol–water partition coefficient (Wildman–Crippen LogP) is 4.12. The summed E-state index contributed by atoms with van der Waals surface area (Å²) in [7, 11) is 0. The third-order valence-corrected chi connectivity index (χ3v) is 3.40. The molecule has 0 fully saturated rings. The molecule has 0 aromatic heterocycles. The summed E-state index contributed by atoms with van der Waals surface area (Å²) in [6.07, 6.45) is 1.19. The van der Waals surface area contributed by atoms with E-state index in [1.165, 1.54) is 5.56 Å². The number of aliphatic imine (C=N–C) groups is 1. The van der Waals surface area contributed by atoms with Gasteiger partial charge in [-0.3, -0.25) is 0 Å². The SMILES string of the molecule is CC(C)(C)OC(=O)N=C1CCc2c(Br)cccc21. The molecule has 0 unspecified atom stereocenters. The second-order valence-electron chi connectivity index (χ2n) is 5.30. The fourth-order valence-electron chi connectivity index (χ4n) is 1.97. The molecule has 4 heteroatoms. The van der Waals surface area contributed by atoms with Crippen LogP contribution in [0.2, 0.25) is 0 Å². The van der Waals surface area contributed by atoms with E-state index in [0.717, 1.165) is 28.6 Å². The Morgan fingerprint density at radius 2 is 2.06 bits per heavy atom. The molecule has 1 aliphatic carbocycles. The summed E-state index contributed by atoms with van der Waals surface area (Å²) in [4.78, 5) is 15.8. The van der Waals surface area contributed by atoms with Crippen LogP contribution >= 0.6 is 15.9 Å². The van der Waals surface area contributed by atoms with E-state index >= 15 is 0 Å². The van der Waals surface area contributed by atoms with Crippen LogP contribution in [0.4, 0.5) is 4.79 Å². The van der Waals surface area contributed by atoms with Gasteiger partial charge < -0.3 is 4.74 Å². The van der Waals surface area contributed by atoms with Crippen molar-refractivity contribution in [1.82, 2.24) is 0 Å². The van der Waals surface area contributed by atoms with Crippen LogP contribution in [0, 0.1) is 0 Å². The highest BCUT2D eigenvalue weighted by atomic mass is 79.9. The number of amides is 1. The van der Waals surface area contributed by atoms with Crippen molar-refractivity contribution in [3.8, 4) is 0 Å². The van der Waals surface area contributed by atoms with Crippen molar-refractivity contribution < 1.29 is 9.53 Å². The second-order valence-corrected chi connectivity index (χ2v) is 6.16. The van der Waals surface area contributed by atoms with Crippen molar-refractivity contribution in [1.29, 1.82) is 0 Å². The molecule has 0 bridgehead atoms. The van der Waals surface area contributed by atoms with E-state index in [0.29, 0.717) is 0 Å². The fraction of sp³-hybridized carbons (Fsp3) is 0.429. The summed E-state index contributed by atoms with van der Waals surface area (Å²) < 4.78 is 6.28. The second kappa shape index (κ2) is 4.84. The predicted molar refractivity (Wildman–Crippen MR) is 75.2 cm³/mol. The van der Waals surface area contributed by atoms with Crippen LogP contribution in [0.1, 0.15) is 38.3 Å². The Hall–Kier alpha value is -1.16. The van der Waals surface area contributed by atoms with Gasteiger partial charge in [-0.15, -0.1) is 0 Å². The van der Waals surface area contributed by atoms with E-state index in [-0.39, 0.29) is 0 Å². The third kappa shape index (κ3) is 2.99. The van der Waals surface area contributed by atoms with Gasteiger partial charge in [0.05, 0.1) is 5.71 Å². The van der Waals surface area contributed by atoms with Gasteiger partial charge in [-0.2, -0.15) is 4.99 Å². The lowest BCUT2D eigenvalue weighted by molar-refractivity contribution is 0.0604. The van der Waals surface area contributed by atoms with Crippen molar-refractivity contribution in [3.63, 3.8) is 0 Å². The Kier molecular flexibility index (Phi) is 3.57. The first-order valence-electron chi connectivity index (χ1n) is 5.95. The largest absolute Gasteiger partial charge is 0.442 e. The van der Waals surface area contributed by atoms with Crippen LogP contribution in [0.25, 0.3) is 0 Å². The summed E-state index contributed by atoms with van der Waals surface area (Å²) in [5.74, 6) is 0. The first-order chi connectivity index (χ1) is 8.37. The van der Waals surface area contributed by atoms with Gasteiger partial charge in [-0.25, -0.2) is 4.79 Å². The lowest BCUT2D eigenvalue weighted by Crippen LogP contribution is -2.22. The molecule has 0 radical (unpaired) electrons. The highest BCUT2D eigenvalue weighted by Gasteiger charge is 2.22. The lowest BCUT2D eigenvalue weighted by atomic mass is 10.1. The zero-order valence-electron chi connectivity index (χ0n) is 10.8. The maximum atomic E-state index is 11.7. The van der Waals surface area contributed by atoms with Crippen molar-refractivity contribution >= 4 is 27.7 Å². The molecule has 2 rings (SSSR count). The smallest absolute Gasteiger partial charge is 0.434 e. The van der Waals surface area contributed by atoms with Gasteiger partial charge in [0.25, 0.3) is 0 Å². The normalized spacial score (nSPS) is 16.8. The highest BCUT2D eigenvalue weighted by Crippen LogP contribution is 2.29. The quantitative estimate of drug-likeness (QED) is 0.723. The molecule has 0 saturated heterocycles. The zero-order chi connectivity index (χ0) is 13.3. The average molecular weight is 310 g/mol. The molecule has 0 saturated carbocycles. The molecule has 0 N–H and O–H groups in total. The van der Waals surface area contributed by atoms with Crippen LogP contribution in [0.15, 0.2) is 27.7 Å². The van der Waals surface area contributed by atoms with Gasteiger partial charge in [0, 0.05) is 10.0 Å². The highest BCUT2D eigenvalue weighted by molar-refractivity contribution is 9.10. The molecule has 1 amide bonds. The topological polar surface area (TPSA) is 38.7 Å². The Balaban J connectivity index is 2.24. The molecular weight excluding hydrogens is 294 g/mol. The summed E-state index contributed by atoms with van der Waals surface area (Å²) >= 11 is 3.52. The fourth-order valence-corrected chi connectivity index (χ4v) is 2.54. The van der Waals surface area contributed by atoms with E-state index in [2.05, 4.69) is 20.9 Å². The molecule has 0 aliphatic heterocycles. The standard InChI is InChI=1S/C14H16BrNO2/c1-14(2,3)18-13(17)16-12-8-7-9-10(12)5-4-6-11(9)15/h4-6H,7-8H2,1-3H3. The molecule has 1 aliphatic rings. The molecule has 0 heterocycles. The maximum Gasteiger partial charge on any atom is 0.434 e. The number of rotatable bonds is 0. The van der Waals surface area contributed by atoms with Crippen LogP contribution < -0.4 is 0 Å². The van der Waals surface area contributed by atoms with Crippen LogP contribution in [0.3, 0.4) is 0 Å². The molecule has 0 spiro atoms. The van der Waals surface area contributed by atoms with Crippen molar-refractivity contribution in [2.75, 3.05) is 0 Å². The first kappa shape index (κ1) is 13.3. The van der Waals surface area contributed by atoms with Crippen LogP contribution in [0.5, 0.6) is 0 Å². The van der Waals surface area contributed by atoms with E-state index in [1.54, 1.807) is 0 Å². The summed E-state index contributed by atoms with van der Waals surface area (Å²) in [5.41, 5.74) is 2.59. The minimum Gasteiger partial charge on any atom is -0.442 e. The first-order valence-corrected chi connectivity index (χ1v) is 6.74. The molecule has 0 atom stereocenters. The Morgan fingerprint density at radius 1 is 1.33 bits per heavy atom. The minimum atomic E-state index is -0.509. The van der Waals surface area contributed by atoms with Crippen molar-refractivity contribution in [2.45, 2.75) is 39.2 Å². The van der Waals surface area contributed by atoms with Gasteiger partial charge in [0.1, 0.15) is 5.60 Å². The summed E-state index contributed by atoms with van der Waals surface area (Å²) in [5, 5.41) is 0. The number of nitrogens with zero attached hydrogens (tertiary/aromatic N) is 1. The van der Waals surface area contributed by atoms with Gasteiger partial charge >= 0.3 is 6.09 Å². The third-order valence-electron chi connectivity index (χ3n) is 2.66. The number of halogens is 1. The molecule has 96 valence electrons. The average Bonchev–Trinajstić information content (AvgIpc) is 2.60. The van der Waals surface area contributed by atoms with Gasteiger partial charge in [0.15, 0.2) is 0 Å². The molecule has 1 aromatic rings.